The van der Waals surface area contributed by atoms with Crippen molar-refractivity contribution in [1.82, 2.24) is 9.80 Å². The molecule has 2 aliphatic carbocycles. The Bertz CT molecular complexity index is 690. The average Bonchev–Trinajstić information content (AvgIpc) is 3.15. The molecule has 1 saturated heterocycles. The van der Waals surface area contributed by atoms with E-state index in [-0.39, 0.29) is 0 Å². The van der Waals surface area contributed by atoms with E-state index in [0.29, 0.717) is 23.7 Å². The highest BCUT2D eigenvalue weighted by atomic mass is 19.4. The van der Waals surface area contributed by atoms with E-state index >= 15 is 0 Å². The molecule has 29 heavy (non-hydrogen) atoms. The highest BCUT2D eigenvalue weighted by molar-refractivity contribution is 6.07. The van der Waals surface area contributed by atoms with Crippen LogP contribution in [0.1, 0.15) is 46.5 Å². The number of likely N-dealkylation sites (tertiary alicyclic amines) is 1. The van der Waals surface area contributed by atoms with Gasteiger partial charge in [-0.1, -0.05) is 13.8 Å². The van der Waals surface area contributed by atoms with Gasteiger partial charge in [-0.2, -0.15) is 13.2 Å². The van der Waals surface area contributed by atoms with Crippen LogP contribution in [0.4, 0.5) is 13.2 Å². The second kappa shape index (κ2) is 7.89. The number of carboxylic acid groups (broad SMARTS) is 1. The van der Waals surface area contributed by atoms with Crippen LogP contribution in [0.3, 0.4) is 0 Å². The molecule has 2 heterocycles. The summed E-state index contributed by atoms with van der Waals surface area (Å²) >= 11 is 0. The number of hydrogen-bond acceptors (Lipinski definition) is 4. The van der Waals surface area contributed by atoms with Gasteiger partial charge in [-0.3, -0.25) is 14.7 Å². The first-order valence-corrected chi connectivity index (χ1v) is 10.3. The molecule has 9 heteroatoms. The number of aliphatic carboxylic acids is 1. The second-order valence-corrected chi connectivity index (χ2v) is 9.26. The van der Waals surface area contributed by atoms with Gasteiger partial charge in [0, 0.05) is 32.1 Å². The number of fused-ring (bicyclic) bond motifs is 2. The number of carbonyl (C=O) groups is 2. The molecule has 0 unspecified atom stereocenters. The number of carboxylic acids is 1. The van der Waals surface area contributed by atoms with Crippen LogP contribution < -0.4 is 0 Å². The predicted octanol–water partition coefficient (Wildman–Crippen LogP) is 3.03. The molecule has 0 aromatic heterocycles. The van der Waals surface area contributed by atoms with Crippen LogP contribution in [0.15, 0.2) is 4.99 Å². The molecule has 0 bridgehead atoms. The maximum absolute atomic E-state index is 13.2. The lowest BCUT2D eigenvalue weighted by molar-refractivity contribution is -0.192. The van der Waals surface area contributed by atoms with Gasteiger partial charge in [0.25, 0.3) is 5.91 Å². The Labute approximate surface area is 169 Å². The molecule has 0 aromatic rings. The number of alkyl halides is 3. The van der Waals surface area contributed by atoms with E-state index in [0.717, 1.165) is 31.3 Å². The number of nitrogens with zero attached hydrogens (tertiary/aromatic N) is 3. The number of hydrogen-bond donors (Lipinski definition) is 1. The van der Waals surface area contributed by atoms with Crippen LogP contribution in [0.25, 0.3) is 0 Å². The molecule has 4 rings (SSSR count). The van der Waals surface area contributed by atoms with E-state index in [1.54, 1.807) is 0 Å². The maximum atomic E-state index is 13.2. The zero-order valence-corrected chi connectivity index (χ0v) is 17.2. The van der Waals surface area contributed by atoms with E-state index in [2.05, 4.69) is 18.7 Å². The van der Waals surface area contributed by atoms with Crippen molar-refractivity contribution in [2.45, 2.75) is 58.2 Å². The molecular formula is C20H30F3N3O3. The van der Waals surface area contributed by atoms with E-state index < -0.39 is 17.7 Å². The summed E-state index contributed by atoms with van der Waals surface area (Å²) in [4.78, 5) is 31.6. The molecule has 1 spiro atoms. The summed E-state index contributed by atoms with van der Waals surface area (Å²) in [6.07, 6.45) is -0.0983. The van der Waals surface area contributed by atoms with Crippen molar-refractivity contribution in [3.63, 3.8) is 0 Å². The van der Waals surface area contributed by atoms with Gasteiger partial charge in [-0.15, -0.1) is 0 Å². The van der Waals surface area contributed by atoms with Gasteiger partial charge in [0.05, 0.1) is 0 Å². The first kappa shape index (κ1) is 22.1. The summed E-state index contributed by atoms with van der Waals surface area (Å²) in [5.74, 6) is 1.10. The quantitative estimate of drug-likeness (QED) is 0.763. The number of rotatable bonds is 4. The van der Waals surface area contributed by atoms with E-state index in [9.17, 15) is 18.0 Å². The van der Waals surface area contributed by atoms with E-state index in [1.165, 1.54) is 32.4 Å². The van der Waals surface area contributed by atoms with Crippen LogP contribution in [-0.2, 0) is 9.59 Å². The lowest BCUT2D eigenvalue weighted by atomic mass is 9.85. The van der Waals surface area contributed by atoms with Crippen LogP contribution in [0, 0.1) is 23.7 Å². The molecule has 0 radical (unpaired) electrons. The number of aliphatic imine (C=N–C) groups is 1. The molecule has 164 valence electrons. The zero-order chi connectivity index (χ0) is 21.6. The van der Waals surface area contributed by atoms with Crippen molar-refractivity contribution in [3.8, 4) is 0 Å². The van der Waals surface area contributed by atoms with Crippen LogP contribution in [0.2, 0.25) is 0 Å². The minimum Gasteiger partial charge on any atom is -0.475 e. The monoisotopic (exact) mass is 417 g/mol. The molecule has 3 fully saturated rings. The van der Waals surface area contributed by atoms with Gasteiger partial charge >= 0.3 is 12.1 Å². The zero-order valence-electron chi connectivity index (χ0n) is 17.2. The largest absolute Gasteiger partial charge is 0.490 e. The molecule has 6 nitrogen and oxygen atoms in total. The standard InChI is InChI=1S/C18H29N3O.C2HF3O2/c1-12(2)8-21-13(3)19-18(17(21)22)7-6-15-10-20(11-16(15)18)9-14-4-5-14;3-2(4,5)1(6)7/h12,14-16H,4-11H2,1-3H3;(H,6,7)/t15-,16+,18-;/m1./s1. The number of halogens is 3. The van der Waals surface area contributed by atoms with Crippen molar-refractivity contribution in [2.75, 3.05) is 26.2 Å². The third-order valence-electron chi connectivity index (χ3n) is 6.40. The molecule has 0 aromatic carbocycles. The molecular weight excluding hydrogens is 387 g/mol. The lowest BCUT2D eigenvalue weighted by Crippen LogP contribution is -2.47. The second-order valence-electron chi connectivity index (χ2n) is 9.26. The van der Waals surface area contributed by atoms with Crippen molar-refractivity contribution in [2.24, 2.45) is 28.7 Å². The molecule has 2 aliphatic heterocycles. The van der Waals surface area contributed by atoms with Crippen molar-refractivity contribution < 1.29 is 27.9 Å². The molecule has 2 saturated carbocycles. The molecule has 1 N–H and O–H groups in total. The van der Waals surface area contributed by atoms with Gasteiger partial charge in [-0.25, -0.2) is 4.79 Å². The number of amides is 1. The van der Waals surface area contributed by atoms with E-state index in [4.69, 9.17) is 14.9 Å². The van der Waals surface area contributed by atoms with E-state index in [1.807, 2.05) is 11.8 Å². The Morgan fingerprint density at radius 3 is 2.41 bits per heavy atom. The third kappa shape index (κ3) is 4.59. The number of amidine groups is 1. The van der Waals surface area contributed by atoms with Gasteiger partial charge < -0.3 is 10.0 Å². The van der Waals surface area contributed by atoms with Gasteiger partial charge in [0.2, 0.25) is 0 Å². The SMILES string of the molecule is CC1=N[C@@]2(CC[C@@H]3CN(CC4CC4)C[C@@H]32)C(=O)N1CC(C)C.O=C(O)C(F)(F)F. The van der Waals surface area contributed by atoms with Gasteiger partial charge in [0.15, 0.2) is 0 Å². The summed E-state index contributed by atoms with van der Waals surface area (Å²) in [5.41, 5.74) is -0.401. The van der Waals surface area contributed by atoms with Gasteiger partial charge in [0.1, 0.15) is 11.4 Å². The topological polar surface area (TPSA) is 73.2 Å². The summed E-state index contributed by atoms with van der Waals surface area (Å²) in [6.45, 7) is 10.8. The highest BCUT2D eigenvalue weighted by Crippen LogP contribution is 2.50. The first-order valence-electron chi connectivity index (χ1n) is 10.3. The Kier molecular flexibility index (Phi) is 6.00. The molecule has 3 atom stereocenters. The maximum Gasteiger partial charge on any atom is 0.490 e. The lowest BCUT2D eigenvalue weighted by Gasteiger charge is -2.28. The summed E-state index contributed by atoms with van der Waals surface area (Å²) < 4.78 is 31.7. The molecule has 1 amide bonds. The van der Waals surface area contributed by atoms with Crippen LogP contribution >= 0.6 is 0 Å². The minimum atomic E-state index is -5.08. The van der Waals surface area contributed by atoms with Crippen molar-refractivity contribution in [1.29, 1.82) is 0 Å². The highest BCUT2D eigenvalue weighted by Gasteiger charge is 2.60. The minimum absolute atomic E-state index is 0.305. The summed E-state index contributed by atoms with van der Waals surface area (Å²) in [5, 5.41) is 7.12. The Morgan fingerprint density at radius 2 is 1.90 bits per heavy atom. The van der Waals surface area contributed by atoms with Crippen molar-refractivity contribution in [3.05, 3.63) is 0 Å². The van der Waals surface area contributed by atoms with Crippen molar-refractivity contribution >= 4 is 17.7 Å². The van der Waals surface area contributed by atoms with Gasteiger partial charge in [-0.05, 0) is 50.4 Å². The summed E-state index contributed by atoms with van der Waals surface area (Å²) in [6, 6.07) is 0. The average molecular weight is 417 g/mol. The Morgan fingerprint density at radius 1 is 1.28 bits per heavy atom. The Hall–Kier alpha value is -1.64. The molecule has 4 aliphatic rings. The summed E-state index contributed by atoms with van der Waals surface area (Å²) in [7, 11) is 0. The smallest absolute Gasteiger partial charge is 0.475 e. The fourth-order valence-corrected chi connectivity index (χ4v) is 4.96. The fourth-order valence-electron chi connectivity index (χ4n) is 4.96. The Balaban J connectivity index is 0.000000298. The predicted molar refractivity (Wildman–Crippen MR) is 101 cm³/mol. The third-order valence-corrected chi connectivity index (χ3v) is 6.40. The first-order chi connectivity index (χ1) is 13.4. The van der Waals surface area contributed by atoms with Crippen LogP contribution in [0.5, 0.6) is 0 Å². The normalized spacial score (nSPS) is 31.9. The number of carbonyl (C=O) groups excluding carboxylic acids is 1. The fraction of sp³-hybridized carbons (Fsp3) is 0.850. The van der Waals surface area contributed by atoms with Crippen LogP contribution in [-0.4, -0.2) is 70.5 Å².